The fraction of sp³-hybridized carbons (Fsp3) is 0.845. The van der Waals surface area contributed by atoms with Gasteiger partial charge < -0.3 is 111 Å². The van der Waals surface area contributed by atoms with Gasteiger partial charge in [-0.15, -0.1) is 0 Å². The topological polar surface area (TPSA) is 568 Å². The summed E-state index contributed by atoms with van der Waals surface area (Å²) in [7, 11) is 0. The van der Waals surface area contributed by atoms with Crippen LogP contribution in [0, 0.1) is 0 Å². The van der Waals surface area contributed by atoms with E-state index in [0.717, 1.165) is 116 Å². The highest BCUT2D eigenvalue weighted by atomic mass is 16.7. The van der Waals surface area contributed by atoms with E-state index in [-0.39, 0.29) is 135 Å². The lowest BCUT2D eigenvalue weighted by Gasteiger charge is -2.23. The van der Waals surface area contributed by atoms with Crippen molar-refractivity contribution < 1.29 is 193 Å². The maximum absolute atomic E-state index is 12.2. The highest BCUT2D eigenvalue weighted by molar-refractivity contribution is 5.93. The van der Waals surface area contributed by atoms with Crippen molar-refractivity contribution >= 4 is 101 Å². The number of carbonyl (C=O) groups excluding carboxylic acids is 17. The number of aliphatic hydroxyl groups is 6. The van der Waals surface area contributed by atoms with E-state index in [1.165, 1.54) is 0 Å². The summed E-state index contributed by atoms with van der Waals surface area (Å²) in [5, 5.41) is 63.4. The Hall–Kier alpha value is -9.25. The summed E-state index contributed by atoms with van der Waals surface area (Å²) < 4.78 is 86.0. The molecule has 0 saturated heterocycles. The molecule has 0 rings (SSSR count). The molecule has 0 saturated carbocycles. The van der Waals surface area contributed by atoms with Crippen LogP contribution in [-0.2, 0) is 162 Å². The summed E-state index contributed by atoms with van der Waals surface area (Å²) in [6.45, 7) is 26.1. The van der Waals surface area contributed by atoms with Crippen LogP contribution in [0.25, 0.3) is 0 Å². The second-order valence-electron chi connectivity index (χ2n) is 36.5. The fourth-order valence-electron chi connectivity index (χ4n) is 14.4. The molecule has 0 aromatic heterocycles. The normalized spacial score (nSPS) is 13.2. The number of carbonyl (C=O) groups is 17. The molecule has 0 fully saturated rings. The maximum atomic E-state index is 12.2. The van der Waals surface area contributed by atoms with Crippen molar-refractivity contribution in [3.8, 4) is 0 Å². The molecule has 0 spiro atoms. The van der Waals surface area contributed by atoms with Crippen molar-refractivity contribution in [2.45, 2.75) is 550 Å². The van der Waals surface area contributed by atoms with Crippen molar-refractivity contribution in [3.63, 3.8) is 0 Å². The van der Waals surface area contributed by atoms with Gasteiger partial charge in [0.25, 0.3) is 0 Å². The minimum Gasteiger partial charge on any atom is -0.466 e. The van der Waals surface area contributed by atoms with Crippen LogP contribution in [0.1, 0.15) is 477 Å². The number of esters is 17. The van der Waals surface area contributed by atoms with Gasteiger partial charge in [-0.3, -0.25) is 81.5 Å². The summed E-state index contributed by atoms with van der Waals surface area (Å²) in [6, 6.07) is 0. The van der Waals surface area contributed by atoms with Gasteiger partial charge in [-0.1, -0.05) is 206 Å². The van der Waals surface area contributed by atoms with Crippen LogP contribution in [0.3, 0.4) is 0 Å². The molecule has 0 aliphatic rings. The van der Waals surface area contributed by atoms with E-state index in [1.807, 2.05) is 41.5 Å². The van der Waals surface area contributed by atoms with E-state index in [4.69, 9.17) is 71.1 Å². The van der Waals surface area contributed by atoms with Gasteiger partial charge in [0.1, 0.15) is 62.3 Å². The highest BCUT2D eigenvalue weighted by Crippen LogP contribution is 2.25. The van der Waals surface area contributed by atoms with Gasteiger partial charge in [0.2, 0.25) is 20.4 Å². The third-order valence-electron chi connectivity index (χ3n) is 23.0. The Morgan fingerprint density at radius 1 is 0.167 bits per heavy atom. The summed E-state index contributed by atoms with van der Waals surface area (Å²) in [6.07, 6.45) is 19.6. The lowest BCUT2D eigenvalue weighted by atomic mass is 10.0. The van der Waals surface area contributed by atoms with Crippen molar-refractivity contribution in [3.05, 3.63) is 0 Å². The zero-order chi connectivity index (χ0) is 112. The van der Waals surface area contributed by atoms with Gasteiger partial charge in [-0.25, -0.2) is 0 Å². The average molecular weight is 2160 g/mol. The van der Waals surface area contributed by atoms with Crippen LogP contribution in [0.5, 0.6) is 0 Å². The predicted molar refractivity (Wildman–Crippen MR) is 555 cm³/mol. The second kappa shape index (κ2) is 104. The molecule has 6 N–H and O–H groups in total. The summed E-state index contributed by atoms with van der Waals surface area (Å²) in [5.41, 5.74) is 0. The second-order valence-corrected chi connectivity index (χ2v) is 36.5. The largest absolute Gasteiger partial charge is 0.466 e. The number of rotatable bonds is 91. The summed E-state index contributed by atoms with van der Waals surface area (Å²) in [5.74, 6) is -9.52. The summed E-state index contributed by atoms with van der Waals surface area (Å²) in [4.78, 5) is 200. The van der Waals surface area contributed by atoms with Gasteiger partial charge in [0.15, 0.2) is 0 Å². The minimum absolute atomic E-state index is 0. The van der Waals surface area contributed by atoms with E-state index in [9.17, 15) is 112 Å². The first-order valence-corrected chi connectivity index (χ1v) is 55.4. The zero-order valence-electron chi connectivity index (χ0n) is 92.7. The Balaban J connectivity index is -0.000000665. The first-order valence-electron chi connectivity index (χ1n) is 55.4. The molecule has 0 aliphatic heterocycles. The SMILES string of the molecule is C.CCCCCC(OC(=O)CC(=O)OCCC)C(O)CCCCC(=O)OCOC(=O)CCCCC(O)C(CCCCC)OC(=O)CC(=O)OCCC.CCCCCC(OC(=O)CC)C(O)CCCCC(=O)OCOC(=O)CCCCC(O)C(CCCCC)OC(=O)CC.CCCCCC(OC(=O)CC)C(O)CCCCC(=O)OCOC(=O)CCCCC(O)C(CCCCC)OC(=O)CC(=O)OCCC.CCOC(=O)CC(=O)OCC. The lowest BCUT2D eigenvalue weighted by Crippen LogP contribution is -2.32. The monoisotopic (exact) mass is 2160 g/mol. The molecule has 0 aromatic carbocycles. The Kier molecular flexibility index (Phi) is 104. The number of unbranched alkanes of at least 4 members (excludes halogenated alkanes) is 18. The molecule has 12 atom stereocenters. The zero-order valence-corrected chi connectivity index (χ0v) is 92.7. The average Bonchev–Trinajstić information content (AvgIpc) is 0.929. The molecule has 0 heterocycles. The molecule has 40 nitrogen and oxygen atoms in total. The molecule has 12 unspecified atom stereocenters. The number of aliphatic hydroxyl groups excluding tert-OH is 6. The van der Waals surface area contributed by atoms with Crippen molar-refractivity contribution in [1.82, 2.24) is 0 Å². The standard InChI is InChI=1S/C37H64O14.C34H60O12.C31H56O10.C7H12O4.CH4/c1-5-9-11-19-30(50-36(44)25-34(42)46-23-7-3)28(38)17-13-15-21-32(40)48-27-49-33(41)22-16-14-18-29(39)31(20-12-10-6-2)51-37(45)26-35(43)47-24-8-4;1-5-9-11-19-28(45-30(37)8-4)26(35)17-13-15-21-31(38)43-25-44-32(39)22-16-14-18-27(36)29(20-12-10-6-2)46-34(41)24-33(40)42-23-7-3;1-5-9-11-19-26(40-28(34)7-3)24(32)17-13-15-21-30(36)38-23-39-31(37)22-16-14-18-25(33)27(20-12-10-6-2)41-29(35)8-4;1-3-10-6(8)5-7(9)11-4-2;/h28-31,38-39H,5-27H2,1-4H3;26-29,35-36H,5-25H2,1-4H3;24-27,32-33H,5-23H2,1-4H3;3-5H2,1-2H3;1H4. The van der Waals surface area contributed by atoms with Gasteiger partial charge >= 0.3 is 101 Å². The van der Waals surface area contributed by atoms with Crippen molar-refractivity contribution in [1.29, 1.82) is 0 Å². The molecule has 0 bridgehead atoms. The third kappa shape index (κ3) is 92.5. The van der Waals surface area contributed by atoms with Gasteiger partial charge in [0, 0.05) is 57.8 Å². The molecule has 0 aromatic rings. The first-order chi connectivity index (χ1) is 71.4. The number of hydrogen-bond donors (Lipinski definition) is 6. The quantitative estimate of drug-likeness (QED) is 0.0108. The van der Waals surface area contributed by atoms with E-state index >= 15 is 0 Å². The lowest BCUT2D eigenvalue weighted by molar-refractivity contribution is -0.169. The molecule has 0 radical (unpaired) electrons. The van der Waals surface area contributed by atoms with Gasteiger partial charge in [-0.2, -0.15) is 0 Å². The smallest absolute Gasteiger partial charge is 0.317 e. The maximum Gasteiger partial charge on any atom is 0.317 e. The molecule has 40 heteroatoms. The van der Waals surface area contributed by atoms with Gasteiger partial charge in [0.05, 0.1) is 69.7 Å². The van der Waals surface area contributed by atoms with Crippen LogP contribution in [0.15, 0.2) is 0 Å². The number of hydrogen-bond acceptors (Lipinski definition) is 40. The molecule has 876 valence electrons. The Bertz CT molecular complexity index is 3350. The molecule has 0 amide bonds. The van der Waals surface area contributed by atoms with Gasteiger partial charge in [-0.05, 0) is 187 Å². The Morgan fingerprint density at radius 2 is 0.320 bits per heavy atom. The Morgan fingerprint density at radius 3 is 0.473 bits per heavy atom. The first kappa shape index (κ1) is 149. The van der Waals surface area contributed by atoms with E-state index in [2.05, 4.69) is 30.2 Å². The van der Waals surface area contributed by atoms with Crippen LogP contribution < -0.4 is 0 Å². The van der Waals surface area contributed by atoms with Crippen molar-refractivity contribution in [2.24, 2.45) is 0 Å². The molecule has 150 heavy (non-hydrogen) atoms. The van der Waals surface area contributed by atoms with Crippen LogP contribution in [-0.4, -0.2) is 259 Å². The summed E-state index contributed by atoms with van der Waals surface area (Å²) >= 11 is 0. The van der Waals surface area contributed by atoms with Crippen LogP contribution in [0.4, 0.5) is 0 Å². The Labute approximate surface area is 893 Å². The van der Waals surface area contributed by atoms with E-state index < -0.39 is 196 Å². The molecule has 0 aliphatic carbocycles. The van der Waals surface area contributed by atoms with Crippen LogP contribution >= 0.6 is 0 Å². The molecular formula is C110H196O40. The van der Waals surface area contributed by atoms with E-state index in [0.29, 0.717) is 161 Å². The molecular weight excluding hydrogens is 1960 g/mol. The van der Waals surface area contributed by atoms with Crippen LogP contribution in [0.2, 0.25) is 0 Å². The predicted octanol–water partition coefficient (Wildman–Crippen LogP) is 18.0. The third-order valence-corrected chi connectivity index (χ3v) is 23.0. The minimum atomic E-state index is -0.960. The highest BCUT2D eigenvalue weighted by Gasteiger charge is 2.32. The van der Waals surface area contributed by atoms with E-state index in [1.54, 1.807) is 34.6 Å². The van der Waals surface area contributed by atoms with Crippen molar-refractivity contribution in [2.75, 3.05) is 53.4 Å². The number of ether oxygens (including phenoxy) is 17. The fourth-order valence-corrected chi connectivity index (χ4v) is 14.4.